The number of Topliss-reactive ketones (excluding diaryl/α,β-unsaturated/α-hetero) is 1. The van der Waals surface area contributed by atoms with E-state index in [4.69, 9.17) is 4.74 Å². The molecule has 0 radical (unpaired) electrons. The number of hydrogen-bond acceptors (Lipinski definition) is 4. The van der Waals surface area contributed by atoms with Crippen LogP contribution in [0, 0.1) is 0 Å². The maximum Gasteiger partial charge on any atom is 0.271 e. The van der Waals surface area contributed by atoms with Gasteiger partial charge in [-0.1, -0.05) is 18.2 Å². The quantitative estimate of drug-likeness (QED) is 0.477. The van der Waals surface area contributed by atoms with E-state index in [1.807, 2.05) is 24.3 Å². The summed E-state index contributed by atoms with van der Waals surface area (Å²) < 4.78 is 5.23. The smallest absolute Gasteiger partial charge is 0.271 e. The molecule has 0 saturated heterocycles. The summed E-state index contributed by atoms with van der Waals surface area (Å²) in [5.41, 5.74) is 7.11. The number of hydrazine groups is 1. The molecular weight excluding hydrogens is 346 g/mol. The van der Waals surface area contributed by atoms with Gasteiger partial charge in [0.15, 0.2) is 5.78 Å². The van der Waals surface area contributed by atoms with E-state index in [2.05, 4.69) is 15.8 Å². The lowest BCUT2D eigenvalue weighted by molar-refractivity contribution is -0.121. The molecule has 0 unspecified atom stereocenters. The molecule has 0 aliphatic carbocycles. The van der Waals surface area contributed by atoms with Crippen molar-refractivity contribution in [1.29, 1.82) is 0 Å². The van der Waals surface area contributed by atoms with Crippen LogP contribution < -0.4 is 15.6 Å². The third kappa shape index (κ3) is 3.98. The number of para-hydroxylation sites is 1. The van der Waals surface area contributed by atoms with E-state index in [0.717, 1.165) is 10.9 Å². The molecule has 0 fully saturated rings. The van der Waals surface area contributed by atoms with Gasteiger partial charge in [0.25, 0.3) is 5.91 Å². The number of amides is 2. The molecule has 1 heterocycles. The number of fused-ring (bicyclic) bond motifs is 1. The highest BCUT2D eigenvalue weighted by Crippen LogP contribution is 2.21. The Bertz CT molecular complexity index is 1020. The first-order valence-corrected chi connectivity index (χ1v) is 8.32. The first kappa shape index (κ1) is 18.2. The summed E-state index contributed by atoms with van der Waals surface area (Å²) in [6.45, 7) is 1.45. The van der Waals surface area contributed by atoms with Crippen LogP contribution in [0.1, 0.15) is 33.2 Å². The molecule has 0 bridgehead atoms. The maximum atomic E-state index is 12.3. The molecule has 2 aromatic carbocycles. The number of aromatic nitrogens is 1. The normalized spacial score (nSPS) is 10.4. The molecule has 7 heteroatoms. The average molecular weight is 365 g/mol. The molecule has 138 valence electrons. The zero-order chi connectivity index (χ0) is 19.4. The molecular formula is C20H19N3O4. The Kier molecular flexibility index (Phi) is 5.21. The second-order valence-corrected chi connectivity index (χ2v) is 6.01. The van der Waals surface area contributed by atoms with Crippen molar-refractivity contribution in [2.45, 2.75) is 13.3 Å². The second-order valence-electron chi connectivity index (χ2n) is 6.01. The number of hydrogen-bond donors (Lipinski definition) is 3. The number of nitrogens with one attached hydrogen (secondary N) is 3. The van der Waals surface area contributed by atoms with E-state index < -0.39 is 11.8 Å². The van der Waals surface area contributed by atoms with Gasteiger partial charge in [0.05, 0.1) is 19.1 Å². The number of carbonyl (C=O) groups excluding carboxylic acids is 3. The number of rotatable bonds is 5. The largest absolute Gasteiger partial charge is 0.496 e. The fourth-order valence-electron chi connectivity index (χ4n) is 2.81. The minimum atomic E-state index is -0.429. The lowest BCUT2D eigenvalue weighted by Gasteiger charge is -2.11. The Balaban J connectivity index is 1.67. The van der Waals surface area contributed by atoms with Gasteiger partial charge in [-0.15, -0.1) is 0 Å². The van der Waals surface area contributed by atoms with Crippen LogP contribution in [-0.4, -0.2) is 29.7 Å². The number of ketones is 1. The average Bonchev–Trinajstić information content (AvgIpc) is 3.10. The molecule has 7 nitrogen and oxygen atoms in total. The minimum absolute atomic E-state index is 0.0432. The summed E-state index contributed by atoms with van der Waals surface area (Å²) in [4.78, 5) is 39.1. The van der Waals surface area contributed by atoms with Crippen molar-refractivity contribution in [3.8, 4) is 5.75 Å². The van der Waals surface area contributed by atoms with E-state index in [-0.39, 0.29) is 12.2 Å². The van der Waals surface area contributed by atoms with E-state index in [1.54, 1.807) is 24.4 Å². The zero-order valence-corrected chi connectivity index (χ0v) is 15.0. The van der Waals surface area contributed by atoms with Crippen LogP contribution in [0.15, 0.2) is 48.7 Å². The van der Waals surface area contributed by atoms with Crippen LogP contribution in [0.3, 0.4) is 0 Å². The van der Waals surface area contributed by atoms with Gasteiger partial charge in [-0.25, -0.2) is 0 Å². The maximum absolute atomic E-state index is 12.3. The molecule has 0 spiro atoms. The van der Waals surface area contributed by atoms with Gasteiger partial charge in [-0.05, 0) is 31.2 Å². The first-order chi connectivity index (χ1) is 13.0. The van der Waals surface area contributed by atoms with Crippen molar-refractivity contribution in [1.82, 2.24) is 15.8 Å². The predicted molar refractivity (Wildman–Crippen MR) is 101 cm³/mol. The Hall–Kier alpha value is -3.61. The second kappa shape index (κ2) is 7.74. The number of benzene rings is 2. The lowest BCUT2D eigenvalue weighted by atomic mass is 10.0. The SMILES string of the molecule is COc1ccc(C(C)=O)cc1CC(=O)NNC(=O)c1c[nH]c2ccccc12. The van der Waals surface area contributed by atoms with Crippen molar-refractivity contribution < 1.29 is 19.1 Å². The van der Waals surface area contributed by atoms with Crippen molar-refractivity contribution in [2.75, 3.05) is 7.11 Å². The summed E-state index contributed by atoms with van der Waals surface area (Å²) in [5, 5.41) is 0.764. The lowest BCUT2D eigenvalue weighted by Crippen LogP contribution is -2.42. The summed E-state index contributed by atoms with van der Waals surface area (Å²) in [5.74, 6) is -0.461. The molecule has 27 heavy (non-hydrogen) atoms. The van der Waals surface area contributed by atoms with E-state index in [0.29, 0.717) is 22.4 Å². The standard InChI is InChI=1S/C20H19N3O4/c1-12(24)13-7-8-18(27-2)14(9-13)10-19(25)22-23-20(26)16-11-21-17-6-4-3-5-15(16)17/h3-9,11,21H,10H2,1-2H3,(H,22,25)(H,23,26). The third-order valence-electron chi connectivity index (χ3n) is 4.19. The number of carbonyl (C=O) groups is 3. The fourth-order valence-corrected chi connectivity index (χ4v) is 2.81. The van der Waals surface area contributed by atoms with Crippen LogP contribution in [0.5, 0.6) is 5.75 Å². The van der Waals surface area contributed by atoms with Crippen molar-refractivity contribution in [3.63, 3.8) is 0 Å². The summed E-state index contributed by atoms with van der Waals surface area (Å²) >= 11 is 0. The molecule has 3 N–H and O–H groups in total. The molecule has 1 aromatic heterocycles. The highest BCUT2D eigenvalue weighted by molar-refractivity contribution is 6.07. The molecule has 0 aliphatic rings. The topological polar surface area (TPSA) is 100 Å². The number of ether oxygens (including phenoxy) is 1. The van der Waals surface area contributed by atoms with E-state index in [9.17, 15) is 14.4 Å². The Morgan fingerprint density at radius 3 is 2.59 bits per heavy atom. The first-order valence-electron chi connectivity index (χ1n) is 8.32. The van der Waals surface area contributed by atoms with Crippen LogP contribution in [0.2, 0.25) is 0 Å². The Morgan fingerprint density at radius 2 is 1.85 bits per heavy atom. The van der Waals surface area contributed by atoms with Gasteiger partial charge >= 0.3 is 0 Å². The van der Waals surface area contributed by atoms with Gasteiger partial charge in [0.2, 0.25) is 5.91 Å². The Morgan fingerprint density at radius 1 is 1.07 bits per heavy atom. The fraction of sp³-hybridized carbons (Fsp3) is 0.150. The molecule has 0 atom stereocenters. The zero-order valence-electron chi connectivity index (χ0n) is 15.0. The van der Waals surface area contributed by atoms with E-state index >= 15 is 0 Å². The van der Waals surface area contributed by atoms with Crippen LogP contribution in [0.4, 0.5) is 0 Å². The van der Waals surface area contributed by atoms with Crippen LogP contribution >= 0.6 is 0 Å². The van der Waals surface area contributed by atoms with Crippen molar-refractivity contribution >= 4 is 28.5 Å². The van der Waals surface area contributed by atoms with Gasteiger partial charge in [-0.3, -0.25) is 25.2 Å². The molecule has 2 amide bonds. The summed E-state index contributed by atoms with van der Waals surface area (Å²) in [6, 6.07) is 12.3. The number of methoxy groups -OCH3 is 1. The highest BCUT2D eigenvalue weighted by Gasteiger charge is 2.14. The summed E-state index contributed by atoms with van der Waals surface area (Å²) in [6.07, 6.45) is 1.55. The van der Waals surface area contributed by atoms with Gasteiger partial charge in [0.1, 0.15) is 5.75 Å². The molecule has 0 aliphatic heterocycles. The number of H-pyrrole nitrogens is 1. The van der Waals surface area contributed by atoms with Gasteiger partial charge in [-0.2, -0.15) is 0 Å². The minimum Gasteiger partial charge on any atom is -0.496 e. The summed E-state index contributed by atoms with van der Waals surface area (Å²) in [7, 11) is 1.49. The van der Waals surface area contributed by atoms with Crippen molar-refractivity contribution in [3.05, 3.63) is 65.4 Å². The van der Waals surface area contributed by atoms with Crippen LogP contribution in [0.25, 0.3) is 10.9 Å². The molecule has 3 rings (SSSR count). The van der Waals surface area contributed by atoms with Crippen molar-refractivity contribution in [2.24, 2.45) is 0 Å². The molecule has 0 saturated carbocycles. The number of aromatic amines is 1. The van der Waals surface area contributed by atoms with E-state index in [1.165, 1.54) is 14.0 Å². The monoisotopic (exact) mass is 365 g/mol. The van der Waals surface area contributed by atoms with Crippen LogP contribution in [-0.2, 0) is 11.2 Å². The highest BCUT2D eigenvalue weighted by atomic mass is 16.5. The molecule has 3 aromatic rings. The Labute approximate surface area is 155 Å². The third-order valence-corrected chi connectivity index (χ3v) is 4.19. The predicted octanol–water partition coefficient (Wildman–Crippen LogP) is 2.38. The van der Waals surface area contributed by atoms with Gasteiger partial charge in [0, 0.05) is 28.2 Å². The van der Waals surface area contributed by atoms with Gasteiger partial charge < -0.3 is 9.72 Å².